The Kier molecular flexibility index (Phi) is 5.93. The summed E-state index contributed by atoms with van der Waals surface area (Å²) in [6, 6.07) is 11.7. The van der Waals surface area contributed by atoms with E-state index in [1.165, 1.54) is 0 Å². The van der Waals surface area contributed by atoms with Crippen LogP contribution in [0.15, 0.2) is 47.3 Å². The molecule has 0 spiro atoms. The highest BCUT2D eigenvalue weighted by molar-refractivity contribution is 5.99. The Labute approximate surface area is 183 Å². The zero-order chi connectivity index (χ0) is 22.7. The van der Waals surface area contributed by atoms with Crippen LogP contribution in [0.25, 0.3) is 10.9 Å². The normalized spacial score (nSPS) is 16.0. The molecule has 1 atom stereocenters. The molecule has 164 valence electrons. The first-order valence-electron chi connectivity index (χ1n) is 10.2. The molecule has 1 fully saturated rings. The van der Waals surface area contributed by atoms with E-state index in [4.69, 9.17) is 0 Å². The summed E-state index contributed by atoms with van der Waals surface area (Å²) >= 11 is 0. The number of urea groups is 1. The lowest BCUT2D eigenvalue weighted by Crippen LogP contribution is -2.45. The number of aromatic nitrogens is 3. The molecule has 0 bridgehead atoms. The molecule has 2 aromatic carbocycles. The van der Waals surface area contributed by atoms with E-state index in [1.807, 2.05) is 31.2 Å². The second-order valence-electron chi connectivity index (χ2n) is 7.68. The summed E-state index contributed by atoms with van der Waals surface area (Å²) in [4.78, 5) is 48.3. The van der Waals surface area contributed by atoms with Gasteiger partial charge < -0.3 is 10.6 Å². The molecule has 3 N–H and O–H groups in total. The Balaban J connectivity index is 1.41. The Bertz CT molecular complexity index is 1250. The lowest BCUT2D eigenvalue weighted by atomic mass is 10.1. The molecular weight excluding hydrogens is 412 g/mol. The largest absolute Gasteiger partial charge is 0.334 e. The molecule has 1 unspecified atom stereocenters. The topological polar surface area (TPSA) is 135 Å². The second-order valence-corrected chi connectivity index (χ2v) is 7.68. The lowest BCUT2D eigenvalue weighted by molar-refractivity contribution is -0.136. The van der Waals surface area contributed by atoms with Crippen molar-refractivity contribution in [3.05, 3.63) is 69.5 Å². The molecule has 1 aromatic heterocycles. The average molecular weight is 434 g/mol. The van der Waals surface area contributed by atoms with Gasteiger partial charge >= 0.3 is 6.03 Å². The van der Waals surface area contributed by atoms with Gasteiger partial charge in [-0.1, -0.05) is 41.1 Å². The maximum absolute atomic E-state index is 12.8. The van der Waals surface area contributed by atoms with Crippen LogP contribution in [-0.4, -0.2) is 32.8 Å². The molecule has 10 nitrogen and oxygen atoms in total. The van der Waals surface area contributed by atoms with Crippen LogP contribution < -0.4 is 21.5 Å². The van der Waals surface area contributed by atoms with Crippen molar-refractivity contribution in [2.75, 3.05) is 0 Å². The first-order chi connectivity index (χ1) is 15.4. The van der Waals surface area contributed by atoms with E-state index < -0.39 is 17.5 Å². The maximum Gasteiger partial charge on any atom is 0.315 e. The van der Waals surface area contributed by atoms with E-state index in [2.05, 4.69) is 26.3 Å². The van der Waals surface area contributed by atoms with Gasteiger partial charge in [0.1, 0.15) is 11.6 Å². The third-order valence-electron chi connectivity index (χ3n) is 5.28. The van der Waals surface area contributed by atoms with Crippen molar-refractivity contribution in [3.63, 3.8) is 0 Å². The highest BCUT2D eigenvalue weighted by Gasteiger charge is 2.30. The van der Waals surface area contributed by atoms with E-state index in [-0.39, 0.29) is 31.3 Å². The third kappa shape index (κ3) is 4.64. The second kappa shape index (κ2) is 8.96. The minimum Gasteiger partial charge on any atom is -0.334 e. The van der Waals surface area contributed by atoms with Crippen LogP contribution >= 0.6 is 0 Å². The summed E-state index contributed by atoms with van der Waals surface area (Å²) in [5, 5.41) is 16.0. The van der Waals surface area contributed by atoms with Crippen LogP contribution in [0.1, 0.15) is 35.6 Å². The Morgan fingerprint density at radius 1 is 1.06 bits per heavy atom. The number of nitrogens with zero attached hydrogens (tertiary/aromatic N) is 3. The number of amides is 4. The minimum absolute atomic E-state index is 0.138. The predicted molar refractivity (Wildman–Crippen MR) is 115 cm³/mol. The highest BCUT2D eigenvalue weighted by atomic mass is 16.2. The lowest BCUT2D eigenvalue weighted by Gasteiger charge is -2.21. The highest BCUT2D eigenvalue weighted by Crippen LogP contribution is 2.17. The van der Waals surface area contributed by atoms with Crippen molar-refractivity contribution >= 4 is 28.7 Å². The SMILES string of the molecule is Cc1ccc(CNC(=O)NCc2ccc3c(=O)n(C4CCC(=O)NC4=O)nnc3c2)cc1. The van der Waals surface area contributed by atoms with E-state index in [1.54, 1.807) is 18.2 Å². The Morgan fingerprint density at radius 2 is 1.75 bits per heavy atom. The van der Waals surface area contributed by atoms with Crippen molar-refractivity contribution in [3.8, 4) is 0 Å². The number of piperidine rings is 1. The fourth-order valence-corrected chi connectivity index (χ4v) is 3.46. The van der Waals surface area contributed by atoms with Crippen LogP contribution in [0.5, 0.6) is 0 Å². The first-order valence-corrected chi connectivity index (χ1v) is 10.2. The molecular formula is C22H22N6O4. The maximum atomic E-state index is 12.8. The van der Waals surface area contributed by atoms with Gasteiger partial charge in [-0.2, -0.15) is 4.68 Å². The van der Waals surface area contributed by atoms with Gasteiger partial charge in [0.2, 0.25) is 5.91 Å². The van der Waals surface area contributed by atoms with Gasteiger partial charge in [-0.3, -0.25) is 19.7 Å². The van der Waals surface area contributed by atoms with Crippen molar-refractivity contribution in [1.82, 2.24) is 30.9 Å². The smallest absolute Gasteiger partial charge is 0.315 e. The van der Waals surface area contributed by atoms with E-state index in [0.29, 0.717) is 17.4 Å². The molecule has 1 aliphatic heterocycles. The third-order valence-corrected chi connectivity index (χ3v) is 5.28. The summed E-state index contributed by atoms with van der Waals surface area (Å²) < 4.78 is 1.01. The van der Waals surface area contributed by atoms with Gasteiger partial charge in [0.25, 0.3) is 11.5 Å². The van der Waals surface area contributed by atoms with E-state index in [9.17, 15) is 19.2 Å². The summed E-state index contributed by atoms with van der Waals surface area (Å²) in [6.45, 7) is 2.66. The number of aryl methyl sites for hydroxylation is 1. The molecule has 3 aromatic rings. The van der Waals surface area contributed by atoms with Crippen molar-refractivity contribution in [2.45, 2.75) is 38.9 Å². The summed E-state index contributed by atoms with van der Waals surface area (Å²) in [5.41, 5.74) is 2.80. The molecule has 2 heterocycles. The number of benzene rings is 2. The zero-order valence-electron chi connectivity index (χ0n) is 17.4. The van der Waals surface area contributed by atoms with Crippen LogP contribution in [0, 0.1) is 6.92 Å². The van der Waals surface area contributed by atoms with Crippen LogP contribution in [0.2, 0.25) is 0 Å². The van der Waals surface area contributed by atoms with Gasteiger partial charge in [-0.15, -0.1) is 5.10 Å². The predicted octanol–water partition coefficient (Wildman–Crippen LogP) is 1.08. The molecule has 1 saturated heterocycles. The minimum atomic E-state index is -0.865. The van der Waals surface area contributed by atoms with Crippen molar-refractivity contribution in [1.29, 1.82) is 0 Å². The molecule has 4 amide bonds. The number of nitrogens with one attached hydrogen (secondary N) is 3. The standard InChI is InChI=1S/C22H22N6O4/c1-13-2-4-14(5-3-13)11-23-22(32)24-12-15-6-7-16-17(10-15)26-27-28(21(16)31)18-8-9-19(29)25-20(18)30/h2-7,10,18H,8-9,11-12H2,1H3,(H2,23,24,32)(H,25,29,30). The number of carbonyl (C=O) groups excluding carboxylic acids is 3. The van der Waals surface area contributed by atoms with Crippen LogP contribution in [0.4, 0.5) is 4.79 Å². The molecule has 4 rings (SSSR count). The Hall–Kier alpha value is -4.08. The first kappa shape index (κ1) is 21.2. The van der Waals surface area contributed by atoms with Crippen LogP contribution in [-0.2, 0) is 22.7 Å². The monoisotopic (exact) mass is 434 g/mol. The summed E-state index contributed by atoms with van der Waals surface area (Å²) in [5.74, 6) is -0.928. The molecule has 0 radical (unpaired) electrons. The summed E-state index contributed by atoms with van der Waals surface area (Å²) in [7, 11) is 0. The number of hydrogen-bond acceptors (Lipinski definition) is 6. The molecule has 0 saturated carbocycles. The van der Waals surface area contributed by atoms with Crippen molar-refractivity contribution < 1.29 is 14.4 Å². The van der Waals surface area contributed by atoms with Gasteiger partial charge in [-0.05, 0) is 36.6 Å². The molecule has 1 aliphatic rings. The summed E-state index contributed by atoms with van der Waals surface area (Å²) in [6.07, 6.45) is 0.337. The van der Waals surface area contributed by atoms with Gasteiger partial charge in [-0.25, -0.2) is 4.79 Å². The fourth-order valence-electron chi connectivity index (χ4n) is 3.46. The number of rotatable bonds is 5. The number of carbonyl (C=O) groups is 3. The van der Waals surface area contributed by atoms with E-state index >= 15 is 0 Å². The van der Waals surface area contributed by atoms with Gasteiger partial charge in [0.05, 0.1) is 5.39 Å². The molecule has 10 heteroatoms. The van der Waals surface area contributed by atoms with Crippen LogP contribution in [0.3, 0.4) is 0 Å². The Morgan fingerprint density at radius 3 is 2.47 bits per heavy atom. The molecule has 32 heavy (non-hydrogen) atoms. The number of fused-ring (bicyclic) bond motifs is 1. The van der Waals surface area contributed by atoms with Gasteiger partial charge in [0, 0.05) is 19.5 Å². The van der Waals surface area contributed by atoms with E-state index in [0.717, 1.165) is 21.4 Å². The van der Waals surface area contributed by atoms with Crippen molar-refractivity contribution in [2.24, 2.45) is 0 Å². The fraction of sp³-hybridized carbons (Fsp3) is 0.273. The molecule has 0 aliphatic carbocycles. The number of hydrogen-bond donors (Lipinski definition) is 3. The average Bonchev–Trinajstić information content (AvgIpc) is 2.78. The zero-order valence-corrected chi connectivity index (χ0v) is 17.4. The van der Waals surface area contributed by atoms with Gasteiger partial charge in [0.15, 0.2) is 0 Å². The number of imide groups is 1. The quantitative estimate of drug-likeness (QED) is 0.514.